The van der Waals surface area contributed by atoms with E-state index in [0.29, 0.717) is 21.8 Å². The fourth-order valence-corrected chi connectivity index (χ4v) is 2.17. The molecule has 0 unspecified atom stereocenters. The van der Waals surface area contributed by atoms with Crippen molar-refractivity contribution in [3.63, 3.8) is 0 Å². The molecule has 98 valence electrons. The van der Waals surface area contributed by atoms with Gasteiger partial charge in [-0.25, -0.2) is 0 Å². The summed E-state index contributed by atoms with van der Waals surface area (Å²) in [5.74, 6) is 0.0720. The highest BCUT2D eigenvalue weighted by Gasteiger charge is 2.09. The molecule has 0 spiro atoms. The van der Waals surface area contributed by atoms with E-state index in [2.05, 4.69) is 15.2 Å². The van der Waals surface area contributed by atoms with Crippen LogP contribution in [0.15, 0.2) is 65.1 Å². The number of phenolic OH excluding ortho intramolecular Hbond substituents is 1. The number of azo groups is 1. The van der Waals surface area contributed by atoms with Crippen molar-refractivity contribution in [1.82, 2.24) is 4.98 Å². The van der Waals surface area contributed by atoms with Gasteiger partial charge < -0.3 is 5.11 Å². The van der Waals surface area contributed by atoms with E-state index in [1.54, 1.807) is 36.7 Å². The largest absolute Gasteiger partial charge is 0.505 e. The van der Waals surface area contributed by atoms with Crippen molar-refractivity contribution in [2.75, 3.05) is 0 Å². The minimum atomic E-state index is 0.0720. The van der Waals surface area contributed by atoms with Crippen LogP contribution in [-0.4, -0.2) is 10.1 Å². The zero-order chi connectivity index (χ0) is 13.9. The molecule has 1 N–H and O–H groups in total. The second-order valence-electron chi connectivity index (χ2n) is 4.18. The summed E-state index contributed by atoms with van der Waals surface area (Å²) in [4.78, 5) is 3.90. The van der Waals surface area contributed by atoms with Crippen LogP contribution in [0.5, 0.6) is 5.75 Å². The number of fused-ring (bicyclic) bond motifs is 1. The molecular weight excluding hydrogens is 274 g/mol. The first-order valence-electron chi connectivity index (χ1n) is 5.97. The quantitative estimate of drug-likeness (QED) is 0.672. The molecule has 0 radical (unpaired) electrons. The van der Waals surface area contributed by atoms with Gasteiger partial charge in [0.15, 0.2) is 5.75 Å². The lowest BCUT2D eigenvalue weighted by Gasteiger charge is -2.05. The Balaban J connectivity index is 2.09. The van der Waals surface area contributed by atoms with Gasteiger partial charge in [-0.05, 0) is 18.2 Å². The molecule has 1 heterocycles. The average Bonchev–Trinajstić information content (AvgIpc) is 2.50. The normalized spacial score (nSPS) is 11.2. The molecule has 2 aromatic carbocycles. The number of hydrogen-bond donors (Lipinski definition) is 1. The topological polar surface area (TPSA) is 57.8 Å². The number of hydrogen-bond acceptors (Lipinski definition) is 4. The predicted molar refractivity (Wildman–Crippen MR) is 79.0 cm³/mol. The van der Waals surface area contributed by atoms with Crippen LogP contribution in [0.3, 0.4) is 0 Å². The number of nitrogens with zero attached hydrogens (tertiary/aromatic N) is 3. The molecule has 0 saturated carbocycles. The number of benzene rings is 2. The van der Waals surface area contributed by atoms with E-state index in [0.717, 1.165) is 5.39 Å². The van der Waals surface area contributed by atoms with Gasteiger partial charge in [-0.15, -0.1) is 5.11 Å². The Bertz CT molecular complexity index is 788. The third kappa shape index (κ3) is 2.33. The Labute approximate surface area is 120 Å². The maximum Gasteiger partial charge on any atom is 0.151 e. The SMILES string of the molecule is Oc1c(N=Nc2ccncc2)cc(Cl)c2ccccc12. The van der Waals surface area contributed by atoms with E-state index < -0.39 is 0 Å². The number of halogens is 1. The first-order valence-corrected chi connectivity index (χ1v) is 6.35. The summed E-state index contributed by atoms with van der Waals surface area (Å²) in [7, 11) is 0. The lowest BCUT2D eigenvalue weighted by molar-refractivity contribution is 0.482. The molecule has 0 aliphatic rings. The molecule has 0 bridgehead atoms. The zero-order valence-electron chi connectivity index (χ0n) is 10.4. The van der Waals surface area contributed by atoms with Crippen LogP contribution in [0.25, 0.3) is 10.8 Å². The Morgan fingerprint density at radius 1 is 0.950 bits per heavy atom. The van der Waals surface area contributed by atoms with E-state index in [9.17, 15) is 5.11 Å². The summed E-state index contributed by atoms with van der Waals surface area (Å²) in [6.45, 7) is 0. The van der Waals surface area contributed by atoms with Crippen molar-refractivity contribution >= 4 is 33.7 Å². The van der Waals surface area contributed by atoms with E-state index >= 15 is 0 Å². The highest BCUT2D eigenvalue weighted by Crippen LogP contribution is 2.39. The Morgan fingerprint density at radius 3 is 2.40 bits per heavy atom. The Kier molecular flexibility index (Phi) is 3.31. The van der Waals surface area contributed by atoms with Gasteiger partial charge in [0.1, 0.15) is 5.69 Å². The molecule has 0 atom stereocenters. The van der Waals surface area contributed by atoms with Crippen LogP contribution in [0, 0.1) is 0 Å². The molecular formula is C15H10ClN3O. The Hall–Kier alpha value is -2.46. The molecule has 3 aromatic rings. The highest BCUT2D eigenvalue weighted by molar-refractivity contribution is 6.36. The van der Waals surface area contributed by atoms with Crippen LogP contribution in [0.4, 0.5) is 11.4 Å². The van der Waals surface area contributed by atoms with Gasteiger partial charge in [0.05, 0.1) is 10.7 Å². The predicted octanol–water partition coefficient (Wildman–Crippen LogP) is 5.01. The lowest BCUT2D eigenvalue weighted by atomic mass is 10.1. The first-order chi connectivity index (χ1) is 9.75. The minimum Gasteiger partial charge on any atom is -0.505 e. The van der Waals surface area contributed by atoms with Crippen molar-refractivity contribution in [2.45, 2.75) is 0 Å². The second kappa shape index (κ2) is 5.27. The monoisotopic (exact) mass is 283 g/mol. The highest BCUT2D eigenvalue weighted by atomic mass is 35.5. The number of pyridine rings is 1. The van der Waals surface area contributed by atoms with Crippen LogP contribution in [0.2, 0.25) is 5.02 Å². The van der Waals surface area contributed by atoms with Gasteiger partial charge in [-0.1, -0.05) is 35.9 Å². The lowest BCUT2D eigenvalue weighted by Crippen LogP contribution is -1.77. The minimum absolute atomic E-state index is 0.0720. The third-order valence-corrected chi connectivity index (χ3v) is 3.19. The summed E-state index contributed by atoms with van der Waals surface area (Å²) < 4.78 is 0. The van der Waals surface area contributed by atoms with E-state index in [1.807, 2.05) is 18.2 Å². The van der Waals surface area contributed by atoms with Gasteiger partial charge >= 0.3 is 0 Å². The summed E-state index contributed by atoms with van der Waals surface area (Å²) >= 11 is 6.19. The van der Waals surface area contributed by atoms with Crippen molar-refractivity contribution in [1.29, 1.82) is 0 Å². The van der Waals surface area contributed by atoms with Crippen molar-refractivity contribution in [2.24, 2.45) is 10.2 Å². The fourth-order valence-electron chi connectivity index (χ4n) is 1.90. The van der Waals surface area contributed by atoms with Crippen LogP contribution >= 0.6 is 11.6 Å². The second-order valence-corrected chi connectivity index (χ2v) is 4.58. The molecule has 5 heteroatoms. The summed E-state index contributed by atoms with van der Waals surface area (Å²) in [5, 5.41) is 20.3. The summed E-state index contributed by atoms with van der Waals surface area (Å²) in [6, 6.07) is 12.4. The van der Waals surface area contributed by atoms with E-state index in [4.69, 9.17) is 11.6 Å². The van der Waals surface area contributed by atoms with Crippen molar-refractivity contribution < 1.29 is 5.11 Å². The van der Waals surface area contributed by atoms with E-state index in [1.165, 1.54) is 0 Å². The van der Waals surface area contributed by atoms with Gasteiger partial charge in [0, 0.05) is 23.2 Å². The van der Waals surface area contributed by atoms with Gasteiger partial charge in [-0.3, -0.25) is 4.98 Å². The van der Waals surface area contributed by atoms with Gasteiger partial charge in [-0.2, -0.15) is 5.11 Å². The van der Waals surface area contributed by atoms with Crippen LogP contribution in [0.1, 0.15) is 0 Å². The van der Waals surface area contributed by atoms with Gasteiger partial charge in [0.25, 0.3) is 0 Å². The summed E-state index contributed by atoms with van der Waals surface area (Å²) in [5.41, 5.74) is 0.995. The zero-order valence-corrected chi connectivity index (χ0v) is 11.1. The molecule has 4 nitrogen and oxygen atoms in total. The fraction of sp³-hybridized carbons (Fsp3) is 0. The maximum atomic E-state index is 10.2. The maximum absolute atomic E-state index is 10.2. The number of phenols is 1. The molecule has 0 fully saturated rings. The standard InChI is InChI=1S/C15H10ClN3O/c16-13-9-14(19-18-10-5-7-17-8-6-10)15(20)12-4-2-1-3-11(12)13/h1-9,20H. The first kappa shape index (κ1) is 12.6. The Morgan fingerprint density at radius 2 is 1.65 bits per heavy atom. The smallest absolute Gasteiger partial charge is 0.151 e. The van der Waals surface area contributed by atoms with E-state index in [-0.39, 0.29) is 5.75 Å². The molecule has 0 aliphatic heterocycles. The average molecular weight is 284 g/mol. The molecule has 0 saturated heterocycles. The molecule has 1 aromatic heterocycles. The molecule has 0 aliphatic carbocycles. The number of rotatable bonds is 2. The van der Waals surface area contributed by atoms with Gasteiger partial charge in [0.2, 0.25) is 0 Å². The third-order valence-electron chi connectivity index (χ3n) is 2.88. The van der Waals surface area contributed by atoms with Crippen molar-refractivity contribution in [3.05, 3.63) is 59.9 Å². The number of aromatic hydroxyl groups is 1. The molecule has 3 rings (SSSR count). The van der Waals surface area contributed by atoms with Crippen LogP contribution < -0.4 is 0 Å². The molecule has 0 amide bonds. The summed E-state index contributed by atoms with van der Waals surface area (Å²) in [6.07, 6.45) is 3.25. The van der Waals surface area contributed by atoms with Crippen LogP contribution in [-0.2, 0) is 0 Å². The molecule has 20 heavy (non-hydrogen) atoms. The van der Waals surface area contributed by atoms with Crippen molar-refractivity contribution in [3.8, 4) is 5.75 Å². The number of aromatic nitrogens is 1.